The van der Waals surface area contributed by atoms with Crippen molar-refractivity contribution >= 4 is 23.5 Å². The highest BCUT2D eigenvalue weighted by atomic mass is 32.2. The number of fused-ring (bicyclic) bond motifs is 2. The molecule has 4 heteroatoms. The van der Waals surface area contributed by atoms with Gasteiger partial charge < -0.3 is 10.2 Å². The van der Waals surface area contributed by atoms with Crippen LogP contribution in [0.25, 0.3) is 0 Å². The van der Waals surface area contributed by atoms with Crippen LogP contribution in [0.3, 0.4) is 0 Å². The maximum atomic E-state index is 3.85. The van der Waals surface area contributed by atoms with Gasteiger partial charge in [-0.2, -0.15) is 23.5 Å². The number of hydrogen-bond acceptors (Lipinski definition) is 4. The largest absolute Gasteiger partial charge is 0.313 e. The molecule has 2 nitrogen and oxygen atoms in total. The van der Waals surface area contributed by atoms with E-state index in [4.69, 9.17) is 0 Å². The highest BCUT2D eigenvalue weighted by Gasteiger charge is 2.38. The number of piperidine rings is 1. The first-order valence-corrected chi connectivity index (χ1v) is 9.18. The summed E-state index contributed by atoms with van der Waals surface area (Å²) >= 11 is 4.31. The maximum absolute atomic E-state index is 3.85. The van der Waals surface area contributed by atoms with E-state index < -0.39 is 0 Å². The maximum Gasteiger partial charge on any atom is 0.0263 e. The molecule has 0 aliphatic carbocycles. The molecular weight excluding hydrogens is 248 g/mol. The van der Waals surface area contributed by atoms with Crippen molar-refractivity contribution < 1.29 is 0 Å². The van der Waals surface area contributed by atoms with Crippen LogP contribution in [0, 0.1) is 0 Å². The van der Waals surface area contributed by atoms with Gasteiger partial charge in [-0.05, 0) is 32.7 Å². The summed E-state index contributed by atoms with van der Waals surface area (Å²) in [6.45, 7) is 1.24. The molecule has 0 radical (unpaired) electrons. The average molecular weight is 272 g/mol. The van der Waals surface area contributed by atoms with Crippen molar-refractivity contribution in [3.05, 3.63) is 0 Å². The van der Waals surface area contributed by atoms with Gasteiger partial charge in [-0.15, -0.1) is 0 Å². The minimum Gasteiger partial charge on any atom is -0.313 e. The fourth-order valence-corrected chi connectivity index (χ4v) is 6.16. The minimum absolute atomic E-state index is 0.802. The van der Waals surface area contributed by atoms with Crippen molar-refractivity contribution in [2.75, 3.05) is 30.9 Å². The first-order chi connectivity index (χ1) is 8.33. The molecule has 3 rings (SSSR count). The molecule has 3 aliphatic rings. The zero-order chi connectivity index (χ0) is 11.7. The van der Waals surface area contributed by atoms with Gasteiger partial charge in [0.05, 0.1) is 0 Å². The zero-order valence-corrected chi connectivity index (χ0v) is 12.4. The van der Waals surface area contributed by atoms with Gasteiger partial charge in [-0.3, -0.25) is 0 Å². The molecule has 2 bridgehead atoms. The van der Waals surface area contributed by atoms with Crippen molar-refractivity contribution in [3.8, 4) is 0 Å². The third kappa shape index (κ3) is 2.96. The molecule has 3 saturated heterocycles. The van der Waals surface area contributed by atoms with E-state index in [1.807, 2.05) is 0 Å². The summed E-state index contributed by atoms with van der Waals surface area (Å²) in [6.07, 6.45) is 5.65. The van der Waals surface area contributed by atoms with Crippen LogP contribution in [-0.2, 0) is 0 Å². The van der Waals surface area contributed by atoms with Crippen molar-refractivity contribution in [1.29, 1.82) is 0 Å². The number of thioether (sulfide) groups is 2. The van der Waals surface area contributed by atoms with Gasteiger partial charge in [-0.1, -0.05) is 0 Å². The van der Waals surface area contributed by atoms with Crippen LogP contribution < -0.4 is 5.32 Å². The van der Waals surface area contributed by atoms with Crippen molar-refractivity contribution in [1.82, 2.24) is 10.2 Å². The Balaban J connectivity index is 1.44. The summed E-state index contributed by atoms with van der Waals surface area (Å²) in [5, 5.41) is 4.72. The van der Waals surface area contributed by atoms with E-state index in [0.717, 1.165) is 23.4 Å². The first kappa shape index (κ1) is 12.6. The Morgan fingerprint density at radius 2 is 1.94 bits per heavy atom. The predicted octanol–water partition coefficient (Wildman–Crippen LogP) is 2.05. The first-order valence-electron chi connectivity index (χ1n) is 6.97. The standard InChI is InChI=1S/C13H24N2S2/c1-15-11-2-3-12(15)7-10(6-11)14-8-13-9-16-4-5-17-13/h10-14H,2-9H2,1H3. The molecule has 1 N–H and O–H groups in total. The second-order valence-electron chi connectivity index (χ2n) is 5.69. The minimum atomic E-state index is 0.802. The molecule has 0 aromatic rings. The number of hydrogen-bond donors (Lipinski definition) is 1. The van der Waals surface area contributed by atoms with Gasteiger partial charge in [0.25, 0.3) is 0 Å². The van der Waals surface area contributed by atoms with Crippen LogP contribution in [-0.4, -0.2) is 59.1 Å². The van der Waals surface area contributed by atoms with Crippen molar-refractivity contribution in [3.63, 3.8) is 0 Å². The molecule has 0 saturated carbocycles. The van der Waals surface area contributed by atoms with Crippen LogP contribution in [0.5, 0.6) is 0 Å². The van der Waals surface area contributed by atoms with Gasteiger partial charge in [0.2, 0.25) is 0 Å². The van der Waals surface area contributed by atoms with E-state index >= 15 is 0 Å². The lowest BCUT2D eigenvalue weighted by molar-refractivity contribution is 0.149. The summed E-state index contributed by atoms with van der Waals surface area (Å²) in [5.74, 6) is 4.08. The third-order valence-electron chi connectivity index (χ3n) is 4.62. The summed E-state index contributed by atoms with van der Waals surface area (Å²) in [4.78, 5) is 2.63. The summed E-state index contributed by atoms with van der Waals surface area (Å²) in [7, 11) is 2.33. The Labute approximate surface area is 114 Å². The van der Waals surface area contributed by atoms with Crippen LogP contribution in [0.15, 0.2) is 0 Å². The van der Waals surface area contributed by atoms with E-state index in [1.165, 1.54) is 49.5 Å². The van der Waals surface area contributed by atoms with Gasteiger partial charge >= 0.3 is 0 Å². The molecule has 98 valence electrons. The molecular formula is C13H24N2S2. The molecule has 3 unspecified atom stereocenters. The number of nitrogens with one attached hydrogen (secondary N) is 1. The molecule has 3 heterocycles. The van der Waals surface area contributed by atoms with Crippen LogP contribution >= 0.6 is 23.5 Å². The lowest BCUT2D eigenvalue weighted by Crippen LogP contribution is -2.48. The molecule has 0 aromatic heterocycles. The molecule has 0 amide bonds. The normalized spacial score (nSPS) is 42.9. The van der Waals surface area contributed by atoms with Crippen LogP contribution in [0.4, 0.5) is 0 Å². The van der Waals surface area contributed by atoms with Gasteiger partial charge in [0.1, 0.15) is 0 Å². The predicted molar refractivity (Wildman–Crippen MR) is 79.2 cm³/mol. The zero-order valence-electron chi connectivity index (χ0n) is 10.7. The van der Waals surface area contributed by atoms with Crippen molar-refractivity contribution in [2.45, 2.75) is 49.1 Å². The van der Waals surface area contributed by atoms with Gasteiger partial charge in [-0.25, -0.2) is 0 Å². The van der Waals surface area contributed by atoms with E-state index in [0.29, 0.717) is 0 Å². The lowest BCUT2D eigenvalue weighted by atomic mass is 9.98. The topological polar surface area (TPSA) is 15.3 Å². The molecule has 3 aliphatic heterocycles. The molecule has 0 aromatic carbocycles. The second-order valence-corrected chi connectivity index (χ2v) is 8.25. The molecule has 17 heavy (non-hydrogen) atoms. The Morgan fingerprint density at radius 1 is 1.18 bits per heavy atom. The second kappa shape index (κ2) is 5.72. The summed E-state index contributed by atoms with van der Waals surface area (Å²) in [5.41, 5.74) is 0. The Bertz CT molecular complexity index is 242. The Morgan fingerprint density at radius 3 is 2.59 bits per heavy atom. The average Bonchev–Trinajstić information content (AvgIpc) is 2.61. The van der Waals surface area contributed by atoms with Crippen LogP contribution in [0.1, 0.15) is 25.7 Å². The molecule has 0 spiro atoms. The SMILES string of the molecule is CN1C2CCC1CC(NCC1CSCCS1)C2. The fraction of sp³-hybridized carbons (Fsp3) is 1.00. The van der Waals surface area contributed by atoms with E-state index in [1.54, 1.807) is 0 Å². The lowest BCUT2D eigenvalue weighted by Gasteiger charge is -2.37. The van der Waals surface area contributed by atoms with E-state index in [-0.39, 0.29) is 0 Å². The van der Waals surface area contributed by atoms with Gasteiger partial charge in [0, 0.05) is 47.2 Å². The van der Waals surface area contributed by atoms with Crippen LogP contribution in [0.2, 0.25) is 0 Å². The smallest absolute Gasteiger partial charge is 0.0263 e. The fourth-order valence-electron chi connectivity index (χ4n) is 3.53. The van der Waals surface area contributed by atoms with E-state index in [9.17, 15) is 0 Å². The highest BCUT2D eigenvalue weighted by Crippen LogP contribution is 2.34. The molecule has 3 atom stereocenters. The Hall–Kier alpha value is 0.620. The quantitative estimate of drug-likeness (QED) is 0.845. The van der Waals surface area contributed by atoms with Gasteiger partial charge in [0.15, 0.2) is 0 Å². The van der Waals surface area contributed by atoms with E-state index in [2.05, 4.69) is 40.8 Å². The monoisotopic (exact) mass is 272 g/mol. The summed E-state index contributed by atoms with van der Waals surface area (Å²) < 4.78 is 0. The highest BCUT2D eigenvalue weighted by molar-refractivity contribution is 8.06. The Kier molecular flexibility index (Phi) is 4.26. The molecule has 3 fully saturated rings. The number of rotatable bonds is 3. The summed E-state index contributed by atoms with van der Waals surface area (Å²) in [6, 6.07) is 2.55. The van der Waals surface area contributed by atoms with Crippen molar-refractivity contribution in [2.24, 2.45) is 0 Å². The number of nitrogens with zero attached hydrogens (tertiary/aromatic N) is 1. The third-order valence-corrected chi connectivity index (χ3v) is 7.46.